The molecule has 0 unspecified atom stereocenters. The van der Waals surface area contributed by atoms with Gasteiger partial charge >= 0.3 is 5.97 Å². The zero-order chi connectivity index (χ0) is 20.4. The first-order valence-electron chi connectivity index (χ1n) is 8.90. The quantitative estimate of drug-likeness (QED) is 0.312. The number of carbonyl (C=O) groups is 4. The first-order chi connectivity index (χ1) is 13.3. The SMILES string of the molecule is COc1ccc(C(=O)COC(=O)[C@H](C)N2C(=O)[C@@H]3CC=CC[C@H]3C2=O)cc1Cl. The van der Waals surface area contributed by atoms with Gasteiger partial charge in [0.2, 0.25) is 11.8 Å². The number of amides is 2. The van der Waals surface area contributed by atoms with Crippen molar-refractivity contribution in [3.63, 3.8) is 0 Å². The van der Waals surface area contributed by atoms with E-state index in [1.807, 2.05) is 12.2 Å². The van der Waals surface area contributed by atoms with Gasteiger partial charge in [0.1, 0.15) is 11.8 Å². The summed E-state index contributed by atoms with van der Waals surface area (Å²) >= 11 is 5.99. The lowest BCUT2D eigenvalue weighted by Crippen LogP contribution is -2.44. The summed E-state index contributed by atoms with van der Waals surface area (Å²) in [6.07, 6.45) is 4.73. The number of imide groups is 1. The van der Waals surface area contributed by atoms with Gasteiger partial charge in [0, 0.05) is 5.56 Å². The van der Waals surface area contributed by atoms with Crippen LogP contribution in [0.1, 0.15) is 30.1 Å². The number of nitrogens with zero attached hydrogens (tertiary/aromatic N) is 1. The average molecular weight is 406 g/mol. The number of allylic oxidation sites excluding steroid dienone is 2. The highest BCUT2D eigenvalue weighted by Crippen LogP contribution is 2.36. The molecule has 3 atom stereocenters. The van der Waals surface area contributed by atoms with Crippen LogP contribution in [0.15, 0.2) is 30.4 Å². The normalized spacial score (nSPS) is 22.0. The molecule has 0 radical (unpaired) electrons. The van der Waals surface area contributed by atoms with E-state index in [2.05, 4.69) is 0 Å². The minimum atomic E-state index is -1.09. The van der Waals surface area contributed by atoms with Crippen LogP contribution in [-0.4, -0.2) is 48.2 Å². The summed E-state index contributed by atoms with van der Waals surface area (Å²) in [5.74, 6) is -2.41. The summed E-state index contributed by atoms with van der Waals surface area (Å²) in [5.41, 5.74) is 0.261. The number of halogens is 1. The van der Waals surface area contributed by atoms with Crippen LogP contribution in [0, 0.1) is 11.8 Å². The molecule has 0 spiro atoms. The molecule has 2 amide bonds. The first-order valence-corrected chi connectivity index (χ1v) is 9.28. The van der Waals surface area contributed by atoms with Crippen LogP contribution < -0.4 is 4.74 Å². The molecule has 3 rings (SSSR count). The largest absolute Gasteiger partial charge is 0.495 e. The van der Waals surface area contributed by atoms with Gasteiger partial charge in [-0.2, -0.15) is 0 Å². The van der Waals surface area contributed by atoms with Crippen molar-refractivity contribution < 1.29 is 28.7 Å². The predicted molar refractivity (Wildman–Crippen MR) is 100.0 cm³/mol. The topological polar surface area (TPSA) is 90.0 Å². The zero-order valence-corrected chi connectivity index (χ0v) is 16.3. The molecule has 0 saturated carbocycles. The van der Waals surface area contributed by atoms with E-state index in [1.165, 1.54) is 32.2 Å². The van der Waals surface area contributed by atoms with E-state index in [0.29, 0.717) is 18.6 Å². The van der Waals surface area contributed by atoms with Gasteiger partial charge in [-0.05, 0) is 38.0 Å². The van der Waals surface area contributed by atoms with Crippen molar-refractivity contribution in [1.82, 2.24) is 4.90 Å². The van der Waals surface area contributed by atoms with Crippen LogP contribution in [0.4, 0.5) is 0 Å². The summed E-state index contributed by atoms with van der Waals surface area (Å²) in [6, 6.07) is 3.38. The number of methoxy groups -OCH3 is 1. The standard InChI is InChI=1S/C20H20ClNO6/c1-11(22-18(24)13-5-3-4-6-14(13)19(22)25)20(26)28-10-16(23)12-7-8-17(27-2)15(21)9-12/h3-4,7-9,11,13-14H,5-6,10H2,1-2H3/t11-,13+,14+/m0/s1. The van der Waals surface area contributed by atoms with Gasteiger partial charge in [-0.15, -0.1) is 0 Å². The number of benzene rings is 1. The maximum absolute atomic E-state index is 12.5. The molecular weight excluding hydrogens is 386 g/mol. The number of likely N-dealkylation sites (tertiary alicyclic amines) is 1. The van der Waals surface area contributed by atoms with Gasteiger partial charge in [-0.25, -0.2) is 4.79 Å². The Labute approximate surface area is 167 Å². The molecule has 1 aromatic carbocycles. The second-order valence-corrected chi connectivity index (χ2v) is 7.17. The molecule has 1 aliphatic heterocycles. The number of esters is 1. The zero-order valence-electron chi connectivity index (χ0n) is 15.5. The molecule has 0 bridgehead atoms. The Hall–Kier alpha value is -2.67. The van der Waals surface area contributed by atoms with E-state index in [1.54, 1.807) is 0 Å². The molecule has 0 N–H and O–H groups in total. The average Bonchev–Trinajstić information content (AvgIpc) is 2.96. The maximum Gasteiger partial charge on any atom is 0.329 e. The summed E-state index contributed by atoms with van der Waals surface area (Å²) in [5, 5.41) is 0.262. The summed E-state index contributed by atoms with van der Waals surface area (Å²) < 4.78 is 10.1. The van der Waals surface area contributed by atoms with Gasteiger partial charge in [0.05, 0.1) is 24.0 Å². The summed E-state index contributed by atoms with van der Waals surface area (Å²) in [7, 11) is 1.46. The molecule has 148 valence electrons. The van der Waals surface area contributed by atoms with Crippen molar-refractivity contribution in [1.29, 1.82) is 0 Å². The van der Waals surface area contributed by atoms with E-state index >= 15 is 0 Å². The van der Waals surface area contributed by atoms with Crippen LogP contribution >= 0.6 is 11.6 Å². The number of hydrogen-bond acceptors (Lipinski definition) is 6. The molecule has 8 heteroatoms. The summed E-state index contributed by atoms with van der Waals surface area (Å²) in [6.45, 7) is 0.911. The first kappa shape index (κ1) is 20.1. The fourth-order valence-corrected chi connectivity index (χ4v) is 3.75. The smallest absolute Gasteiger partial charge is 0.329 e. The van der Waals surface area contributed by atoms with E-state index in [9.17, 15) is 19.2 Å². The number of ketones is 1. The van der Waals surface area contributed by atoms with Crippen LogP contribution in [0.5, 0.6) is 5.75 Å². The molecule has 1 fully saturated rings. The van der Waals surface area contributed by atoms with Gasteiger partial charge in [0.25, 0.3) is 0 Å². The van der Waals surface area contributed by atoms with Gasteiger partial charge < -0.3 is 9.47 Å². The molecule has 1 saturated heterocycles. The molecule has 1 aromatic rings. The number of hydrogen-bond donors (Lipinski definition) is 0. The number of carbonyl (C=O) groups excluding carboxylic acids is 4. The highest BCUT2D eigenvalue weighted by Gasteiger charge is 2.50. The van der Waals surface area contributed by atoms with E-state index < -0.39 is 36.2 Å². The van der Waals surface area contributed by atoms with Crippen LogP contribution in [0.2, 0.25) is 5.02 Å². The highest BCUT2D eigenvalue weighted by molar-refractivity contribution is 6.32. The maximum atomic E-state index is 12.5. The Bertz CT molecular complexity index is 838. The highest BCUT2D eigenvalue weighted by atomic mass is 35.5. The van der Waals surface area contributed by atoms with Crippen LogP contribution in [0.25, 0.3) is 0 Å². The molecule has 1 heterocycles. The Morgan fingerprint density at radius 3 is 2.32 bits per heavy atom. The van der Waals surface area contributed by atoms with Crippen molar-refractivity contribution in [2.24, 2.45) is 11.8 Å². The summed E-state index contributed by atoms with van der Waals surface area (Å²) in [4.78, 5) is 50.6. The molecular formula is C20H20ClNO6. The van der Waals surface area contributed by atoms with E-state index in [4.69, 9.17) is 21.1 Å². The lowest BCUT2D eigenvalue weighted by molar-refractivity contribution is -0.157. The number of Topliss-reactive ketones (excluding diaryl/α,β-unsaturated/α-hetero) is 1. The monoisotopic (exact) mass is 405 g/mol. The minimum Gasteiger partial charge on any atom is -0.495 e. The number of ether oxygens (including phenoxy) is 2. The van der Waals surface area contributed by atoms with Gasteiger partial charge in [-0.3, -0.25) is 19.3 Å². The second kappa shape index (κ2) is 8.14. The van der Waals surface area contributed by atoms with E-state index in [-0.39, 0.29) is 22.4 Å². The van der Waals surface area contributed by atoms with E-state index in [0.717, 1.165) is 4.90 Å². The van der Waals surface area contributed by atoms with Crippen molar-refractivity contribution in [2.45, 2.75) is 25.8 Å². The fourth-order valence-electron chi connectivity index (χ4n) is 3.49. The molecule has 0 aromatic heterocycles. The Kier molecular flexibility index (Phi) is 5.84. The molecule has 1 aliphatic carbocycles. The lowest BCUT2D eigenvalue weighted by Gasteiger charge is -2.21. The third kappa shape index (κ3) is 3.67. The van der Waals surface area contributed by atoms with Crippen molar-refractivity contribution >= 4 is 35.2 Å². The fraction of sp³-hybridized carbons (Fsp3) is 0.400. The lowest BCUT2D eigenvalue weighted by atomic mass is 9.85. The Balaban J connectivity index is 1.61. The van der Waals surface area contributed by atoms with Crippen molar-refractivity contribution in [2.75, 3.05) is 13.7 Å². The Morgan fingerprint density at radius 2 is 1.79 bits per heavy atom. The third-order valence-electron chi connectivity index (χ3n) is 5.09. The van der Waals surface area contributed by atoms with Crippen molar-refractivity contribution in [3.8, 4) is 5.75 Å². The number of rotatable bonds is 6. The van der Waals surface area contributed by atoms with Gasteiger partial charge in [0.15, 0.2) is 12.4 Å². The van der Waals surface area contributed by atoms with Crippen LogP contribution in [-0.2, 0) is 19.1 Å². The minimum absolute atomic E-state index is 0.261. The molecule has 28 heavy (non-hydrogen) atoms. The molecule has 7 nitrogen and oxygen atoms in total. The van der Waals surface area contributed by atoms with Crippen molar-refractivity contribution in [3.05, 3.63) is 40.9 Å². The Morgan fingerprint density at radius 1 is 1.18 bits per heavy atom. The molecule has 2 aliphatic rings. The predicted octanol–water partition coefficient (Wildman–Crippen LogP) is 2.41. The van der Waals surface area contributed by atoms with Gasteiger partial charge in [-0.1, -0.05) is 23.8 Å². The number of fused-ring (bicyclic) bond motifs is 1. The second-order valence-electron chi connectivity index (χ2n) is 6.76. The third-order valence-corrected chi connectivity index (χ3v) is 5.38. The van der Waals surface area contributed by atoms with Crippen LogP contribution in [0.3, 0.4) is 0 Å².